The number of hydrogen-bond acceptors (Lipinski definition) is 13. The Labute approximate surface area is 448 Å². The maximum Gasteiger partial charge on any atom is 0.220 e. The first-order valence-electron chi connectivity index (χ1n) is 29.9. The average molecular weight is 1050 g/mol. The lowest BCUT2D eigenvalue weighted by Crippen LogP contribution is -2.65. The van der Waals surface area contributed by atoms with E-state index >= 15 is 0 Å². The number of ether oxygens (including phenoxy) is 4. The number of aliphatic hydroxyl groups excluding tert-OH is 8. The summed E-state index contributed by atoms with van der Waals surface area (Å²) >= 11 is 0. The molecule has 12 atom stereocenters. The highest BCUT2D eigenvalue weighted by atomic mass is 16.7. The molecule has 1 amide bonds. The maximum absolute atomic E-state index is 13.1. The molecule has 0 aromatic rings. The topological polar surface area (TPSA) is 228 Å². The van der Waals surface area contributed by atoms with Crippen molar-refractivity contribution in [2.45, 2.75) is 306 Å². The van der Waals surface area contributed by atoms with Gasteiger partial charge in [-0.2, -0.15) is 0 Å². The molecule has 0 aliphatic carbocycles. The molecule has 0 bridgehead atoms. The smallest absolute Gasteiger partial charge is 0.220 e. The highest BCUT2D eigenvalue weighted by Crippen LogP contribution is 2.30. The van der Waals surface area contributed by atoms with Gasteiger partial charge in [-0.05, 0) is 51.4 Å². The van der Waals surface area contributed by atoms with Gasteiger partial charge in [-0.15, -0.1) is 0 Å². The highest BCUT2D eigenvalue weighted by Gasteiger charge is 2.51. The van der Waals surface area contributed by atoms with Crippen LogP contribution in [0.4, 0.5) is 0 Å². The maximum atomic E-state index is 13.1. The summed E-state index contributed by atoms with van der Waals surface area (Å²) < 4.78 is 22.7. The molecule has 9 N–H and O–H groups in total. The lowest BCUT2D eigenvalue weighted by atomic mass is 9.97. The molecule has 0 spiro atoms. The van der Waals surface area contributed by atoms with Crippen LogP contribution in [0.3, 0.4) is 0 Å². The van der Waals surface area contributed by atoms with Gasteiger partial charge < -0.3 is 65.1 Å². The molecule has 2 saturated heterocycles. The van der Waals surface area contributed by atoms with E-state index in [1.165, 1.54) is 122 Å². The Morgan fingerprint density at radius 3 is 1.43 bits per heavy atom. The number of unbranched alkanes of at least 4 members (excludes halogenated alkanes) is 26. The summed E-state index contributed by atoms with van der Waals surface area (Å²) in [5.41, 5.74) is 0. The van der Waals surface area contributed by atoms with Gasteiger partial charge >= 0.3 is 0 Å². The van der Waals surface area contributed by atoms with Crippen molar-refractivity contribution < 1.29 is 64.6 Å². The Morgan fingerprint density at radius 1 is 0.500 bits per heavy atom. The fourth-order valence-corrected chi connectivity index (χ4v) is 9.76. The van der Waals surface area contributed by atoms with Crippen LogP contribution in [0.1, 0.15) is 232 Å². The Morgan fingerprint density at radius 2 is 0.932 bits per heavy atom. The van der Waals surface area contributed by atoms with Crippen molar-refractivity contribution in [2.24, 2.45) is 0 Å². The van der Waals surface area contributed by atoms with Gasteiger partial charge in [0.1, 0.15) is 48.8 Å². The van der Waals surface area contributed by atoms with Crippen molar-refractivity contribution >= 4 is 5.91 Å². The zero-order chi connectivity index (χ0) is 53.9. The molecule has 14 nitrogen and oxygen atoms in total. The lowest BCUT2D eigenvalue weighted by Gasteiger charge is -2.46. The largest absolute Gasteiger partial charge is 0.394 e. The quantitative estimate of drug-likeness (QED) is 0.0205. The van der Waals surface area contributed by atoms with E-state index in [9.17, 15) is 45.6 Å². The molecule has 74 heavy (non-hydrogen) atoms. The third kappa shape index (κ3) is 31.4. The Balaban J connectivity index is 1.51. The molecule has 2 aliphatic heterocycles. The minimum absolute atomic E-state index is 0.212. The third-order valence-corrected chi connectivity index (χ3v) is 14.6. The van der Waals surface area contributed by atoms with E-state index in [0.717, 1.165) is 83.5 Å². The molecule has 2 rings (SSSR count). The first-order chi connectivity index (χ1) is 36.1. The standard InChI is InChI=1S/C60H109NO13/c1-3-5-7-9-10-11-12-13-14-15-16-17-18-19-20-21-22-23-24-25-26-27-28-29-30-31-32-33-34-35-36-37-38-40-42-44-52(65)61-48(49(64)43-41-39-8-6-4-2)47-71-59-57(70)55(68)58(51(46-63)73-59)74-60-56(69)54(67)53(66)50(45-62)72-60/h5,7,10-11,13-14,16-17,48-51,53-60,62-64,66-70H,3-4,6,8-9,12,15,18-47H2,1-2H3,(H,61,65)/b7-5-,11-10-,14-13-,17-16-. The average Bonchev–Trinajstić information content (AvgIpc) is 3.40. The molecule has 2 fully saturated rings. The van der Waals surface area contributed by atoms with Gasteiger partial charge in [-0.25, -0.2) is 0 Å². The first-order valence-corrected chi connectivity index (χ1v) is 29.9. The Hall–Kier alpha value is -2.05. The molecule has 0 radical (unpaired) electrons. The minimum atomic E-state index is -1.78. The SMILES string of the molecule is CC/C=C\C/C=C\C/C=C\C/C=C\CCCCCCCCCCCCCCCCCCCCCCCCC(=O)NC(COC1OC(CO)C(OC2OC(CO)C(O)C(O)C2O)C(O)C1O)C(O)CCCCCCC. The van der Waals surface area contributed by atoms with E-state index in [-0.39, 0.29) is 12.5 Å². The van der Waals surface area contributed by atoms with E-state index in [2.05, 4.69) is 67.8 Å². The number of hydrogen-bond donors (Lipinski definition) is 9. The number of allylic oxidation sites excluding steroid dienone is 8. The summed E-state index contributed by atoms with van der Waals surface area (Å²) in [6, 6.07) is -0.823. The van der Waals surface area contributed by atoms with Gasteiger partial charge in [0, 0.05) is 6.42 Å². The van der Waals surface area contributed by atoms with Crippen LogP contribution in [0, 0.1) is 0 Å². The van der Waals surface area contributed by atoms with Crippen LogP contribution in [0.2, 0.25) is 0 Å². The number of carbonyl (C=O) groups is 1. The molecule has 432 valence electrons. The summed E-state index contributed by atoms with van der Waals surface area (Å²) in [6.07, 6.45) is 40.7. The molecule has 14 heteroatoms. The van der Waals surface area contributed by atoms with Crippen LogP contribution in [-0.2, 0) is 23.7 Å². The second-order valence-electron chi connectivity index (χ2n) is 21.1. The van der Waals surface area contributed by atoms with Crippen LogP contribution in [-0.4, -0.2) is 140 Å². The van der Waals surface area contributed by atoms with Crippen LogP contribution in [0.5, 0.6) is 0 Å². The van der Waals surface area contributed by atoms with Gasteiger partial charge in [-0.1, -0.05) is 223 Å². The van der Waals surface area contributed by atoms with Crippen molar-refractivity contribution in [3.05, 3.63) is 48.6 Å². The zero-order valence-electron chi connectivity index (χ0n) is 46.3. The first kappa shape index (κ1) is 68.1. The predicted octanol–water partition coefficient (Wildman–Crippen LogP) is 10.0. The molecule has 0 saturated carbocycles. The predicted molar refractivity (Wildman–Crippen MR) is 295 cm³/mol. The van der Waals surface area contributed by atoms with Crippen molar-refractivity contribution in [3.8, 4) is 0 Å². The third-order valence-electron chi connectivity index (χ3n) is 14.6. The van der Waals surface area contributed by atoms with Crippen molar-refractivity contribution in [1.82, 2.24) is 5.32 Å². The Kier molecular flexibility index (Phi) is 42.2. The van der Waals surface area contributed by atoms with Crippen LogP contribution in [0.25, 0.3) is 0 Å². The van der Waals surface area contributed by atoms with Crippen LogP contribution >= 0.6 is 0 Å². The molecular formula is C60H109NO13. The molecular weight excluding hydrogens is 943 g/mol. The molecule has 0 aromatic heterocycles. The van der Waals surface area contributed by atoms with Gasteiger partial charge in [0.15, 0.2) is 12.6 Å². The second-order valence-corrected chi connectivity index (χ2v) is 21.1. The van der Waals surface area contributed by atoms with Gasteiger partial charge in [-0.3, -0.25) is 4.79 Å². The summed E-state index contributed by atoms with van der Waals surface area (Å²) in [5.74, 6) is -0.212. The monoisotopic (exact) mass is 1050 g/mol. The molecule has 2 heterocycles. The highest BCUT2D eigenvalue weighted by molar-refractivity contribution is 5.76. The van der Waals surface area contributed by atoms with Gasteiger partial charge in [0.2, 0.25) is 5.91 Å². The van der Waals surface area contributed by atoms with Crippen molar-refractivity contribution in [1.29, 1.82) is 0 Å². The summed E-state index contributed by atoms with van der Waals surface area (Å²) in [7, 11) is 0. The lowest BCUT2D eigenvalue weighted by molar-refractivity contribution is -0.359. The second kappa shape index (κ2) is 45.9. The fourth-order valence-electron chi connectivity index (χ4n) is 9.76. The minimum Gasteiger partial charge on any atom is -0.394 e. The van der Waals surface area contributed by atoms with Gasteiger partial charge in [0.25, 0.3) is 0 Å². The van der Waals surface area contributed by atoms with E-state index in [0.29, 0.717) is 12.8 Å². The van der Waals surface area contributed by atoms with E-state index in [1.54, 1.807) is 0 Å². The molecule has 0 aromatic carbocycles. The van der Waals surface area contributed by atoms with Crippen molar-refractivity contribution in [2.75, 3.05) is 19.8 Å². The number of nitrogens with one attached hydrogen (secondary N) is 1. The van der Waals surface area contributed by atoms with E-state index < -0.39 is 86.8 Å². The summed E-state index contributed by atoms with van der Waals surface area (Å²) in [4.78, 5) is 13.1. The number of carbonyl (C=O) groups excluding carboxylic acids is 1. The van der Waals surface area contributed by atoms with Gasteiger partial charge in [0.05, 0.1) is 32.0 Å². The summed E-state index contributed by atoms with van der Waals surface area (Å²) in [6.45, 7) is 2.65. The fraction of sp³-hybridized carbons (Fsp3) is 0.850. The zero-order valence-corrected chi connectivity index (χ0v) is 46.3. The summed E-state index contributed by atoms with van der Waals surface area (Å²) in [5, 5.41) is 86.5. The van der Waals surface area contributed by atoms with E-state index in [1.807, 2.05) is 0 Å². The number of aliphatic hydroxyl groups is 8. The van der Waals surface area contributed by atoms with E-state index in [4.69, 9.17) is 18.9 Å². The Bertz CT molecular complexity index is 1430. The number of amides is 1. The van der Waals surface area contributed by atoms with Crippen molar-refractivity contribution in [3.63, 3.8) is 0 Å². The van der Waals surface area contributed by atoms with Crippen LogP contribution < -0.4 is 5.32 Å². The molecule has 12 unspecified atom stereocenters. The normalized spacial score (nSPS) is 25.5. The number of rotatable bonds is 47. The van der Waals surface area contributed by atoms with Crippen LogP contribution in [0.15, 0.2) is 48.6 Å². The molecule has 2 aliphatic rings.